The zero-order chi connectivity index (χ0) is 13.1. The van der Waals surface area contributed by atoms with Gasteiger partial charge < -0.3 is 5.32 Å². The van der Waals surface area contributed by atoms with E-state index >= 15 is 0 Å². The van der Waals surface area contributed by atoms with Gasteiger partial charge in [-0.1, -0.05) is 11.8 Å². The first-order valence-electron chi connectivity index (χ1n) is 5.59. The number of aromatic nitrogens is 4. The molecule has 0 aliphatic rings. The zero-order valence-corrected chi connectivity index (χ0v) is 11.7. The van der Waals surface area contributed by atoms with Crippen molar-refractivity contribution in [3.05, 3.63) is 0 Å². The Labute approximate surface area is 106 Å². The highest BCUT2D eigenvalue weighted by atomic mass is 32.2. The highest BCUT2D eigenvalue weighted by Gasteiger charge is 2.23. The number of rotatable bonds is 4. The van der Waals surface area contributed by atoms with Gasteiger partial charge >= 0.3 is 0 Å². The first-order valence-corrected chi connectivity index (χ1v) is 6.47. The lowest BCUT2D eigenvalue weighted by Gasteiger charge is -2.20. The minimum absolute atomic E-state index is 0.000888. The maximum atomic E-state index is 11.6. The predicted octanol–water partition coefficient (Wildman–Crippen LogP) is 1.04. The standard InChI is InChI=1S/C10H19N5OS/c1-6-11-8(16)7(2)17-9-12-13-14-15(9)10(3,4)5/h7H,6H2,1-5H3,(H,11,16). The molecular weight excluding hydrogens is 238 g/mol. The van der Waals surface area contributed by atoms with Crippen LogP contribution in [0.15, 0.2) is 5.16 Å². The molecule has 0 fully saturated rings. The number of nitrogens with one attached hydrogen (secondary N) is 1. The van der Waals surface area contributed by atoms with Crippen LogP contribution in [0.5, 0.6) is 0 Å². The first-order chi connectivity index (χ1) is 7.86. The van der Waals surface area contributed by atoms with Gasteiger partial charge in [-0.15, -0.1) is 5.10 Å². The van der Waals surface area contributed by atoms with E-state index in [0.717, 1.165) is 0 Å². The number of thioether (sulfide) groups is 1. The van der Waals surface area contributed by atoms with Crippen molar-refractivity contribution in [3.8, 4) is 0 Å². The molecule has 0 radical (unpaired) electrons. The van der Waals surface area contributed by atoms with Gasteiger partial charge in [0, 0.05) is 6.54 Å². The summed E-state index contributed by atoms with van der Waals surface area (Å²) in [5, 5.41) is 14.8. The van der Waals surface area contributed by atoms with Crippen molar-refractivity contribution in [2.45, 2.75) is 50.6 Å². The number of nitrogens with zero attached hydrogens (tertiary/aromatic N) is 4. The predicted molar refractivity (Wildman–Crippen MR) is 66.8 cm³/mol. The molecule has 0 aliphatic carbocycles. The molecule has 1 atom stereocenters. The number of carbonyl (C=O) groups excluding carboxylic acids is 1. The maximum Gasteiger partial charge on any atom is 0.233 e. The average molecular weight is 257 g/mol. The van der Waals surface area contributed by atoms with Crippen molar-refractivity contribution in [1.29, 1.82) is 0 Å². The summed E-state index contributed by atoms with van der Waals surface area (Å²) in [5.41, 5.74) is -0.188. The average Bonchev–Trinajstić information content (AvgIpc) is 2.65. The summed E-state index contributed by atoms with van der Waals surface area (Å²) < 4.78 is 1.73. The number of carbonyl (C=O) groups is 1. The Morgan fingerprint density at radius 1 is 1.53 bits per heavy atom. The number of amides is 1. The number of hydrogen-bond acceptors (Lipinski definition) is 5. The normalized spacial score (nSPS) is 13.5. The molecule has 0 aromatic carbocycles. The molecule has 0 bridgehead atoms. The smallest absolute Gasteiger partial charge is 0.233 e. The third-order valence-electron chi connectivity index (χ3n) is 2.08. The Morgan fingerprint density at radius 2 is 2.18 bits per heavy atom. The van der Waals surface area contributed by atoms with E-state index in [1.807, 2.05) is 34.6 Å². The summed E-state index contributed by atoms with van der Waals surface area (Å²) in [6.07, 6.45) is 0. The summed E-state index contributed by atoms with van der Waals surface area (Å²) in [7, 11) is 0. The van der Waals surface area contributed by atoms with Crippen molar-refractivity contribution < 1.29 is 4.79 Å². The third-order valence-corrected chi connectivity index (χ3v) is 3.11. The van der Waals surface area contributed by atoms with Crippen molar-refractivity contribution in [1.82, 2.24) is 25.5 Å². The van der Waals surface area contributed by atoms with Crippen LogP contribution in [-0.2, 0) is 10.3 Å². The minimum Gasteiger partial charge on any atom is -0.355 e. The number of hydrogen-bond donors (Lipinski definition) is 1. The van der Waals surface area contributed by atoms with Gasteiger partial charge in [-0.25, -0.2) is 4.68 Å². The molecule has 17 heavy (non-hydrogen) atoms. The van der Waals surface area contributed by atoms with Crippen LogP contribution in [-0.4, -0.2) is 37.9 Å². The fourth-order valence-electron chi connectivity index (χ4n) is 1.20. The molecule has 6 nitrogen and oxygen atoms in total. The van der Waals surface area contributed by atoms with E-state index in [9.17, 15) is 4.79 Å². The molecule has 0 saturated carbocycles. The lowest BCUT2D eigenvalue weighted by Crippen LogP contribution is -2.31. The Morgan fingerprint density at radius 3 is 2.71 bits per heavy atom. The highest BCUT2D eigenvalue weighted by Crippen LogP contribution is 2.24. The van der Waals surface area contributed by atoms with E-state index < -0.39 is 0 Å². The van der Waals surface area contributed by atoms with Crippen molar-refractivity contribution >= 4 is 17.7 Å². The molecule has 1 heterocycles. The van der Waals surface area contributed by atoms with E-state index in [-0.39, 0.29) is 16.7 Å². The molecule has 0 aliphatic heterocycles. The number of tetrazole rings is 1. The van der Waals surface area contributed by atoms with Crippen molar-refractivity contribution in [3.63, 3.8) is 0 Å². The Bertz CT molecular complexity index is 384. The molecule has 1 amide bonds. The van der Waals surface area contributed by atoms with Gasteiger partial charge in [-0.05, 0) is 45.0 Å². The van der Waals surface area contributed by atoms with Gasteiger partial charge in [0.2, 0.25) is 11.1 Å². The third kappa shape index (κ3) is 3.69. The molecule has 96 valence electrons. The molecule has 7 heteroatoms. The summed E-state index contributed by atoms with van der Waals surface area (Å²) in [5.74, 6) is 0.000888. The van der Waals surface area contributed by atoms with Gasteiger partial charge in [0.1, 0.15) is 0 Å². The highest BCUT2D eigenvalue weighted by molar-refractivity contribution is 8.00. The fourth-order valence-corrected chi connectivity index (χ4v) is 2.20. The zero-order valence-electron chi connectivity index (χ0n) is 10.9. The lowest BCUT2D eigenvalue weighted by atomic mass is 10.1. The summed E-state index contributed by atoms with van der Waals surface area (Å²) in [6.45, 7) is 10.4. The van der Waals surface area contributed by atoms with Gasteiger partial charge in [0.25, 0.3) is 0 Å². The second kappa shape index (κ2) is 5.48. The first kappa shape index (κ1) is 14.0. The molecule has 1 rings (SSSR count). The van der Waals surface area contributed by atoms with Crippen LogP contribution in [0.2, 0.25) is 0 Å². The summed E-state index contributed by atoms with van der Waals surface area (Å²) in [4.78, 5) is 11.6. The van der Waals surface area contributed by atoms with Crippen molar-refractivity contribution in [2.75, 3.05) is 6.54 Å². The molecule has 0 spiro atoms. The monoisotopic (exact) mass is 257 g/mol. The molecule has 0 saturated heterocycles. The largest absolute Gasteiger partial charge is 0.355 e. The Hall–Kier alpha value is -1.11. The van der Waals surface area contributed by atoms with Gasteiger partial charge in [-0.3, -0.25) is 4.79 Å². The fraction of sp³-hybridized carbons (Fsp3) is 0.800. The van der Waals surface area contributed by atoms with E-state index in [0.29, 0.717) is 11.7 Å². The molecule has 1 N–H and O–H groups in total. The van der Waals surface area contributed by atoms with Crippen LogP contribution >= 0.6 is 11.8 Å². The van der Waals surface area contributed by atoms with Crippen LogP contribution in [0.25, 0.3) is 0 Å². The molecule has 1 aromatic heterocycles. The Balaban J connectivity index is 2.76. The second-order valence-corrected chi connectivity index (χ2v) is 6.01. The Kier molecular flexibility index (Phi) is 4.50. The second-order valence-electron chi connectivity index (χ2n) is 4.70. The minimum atomic E-state index is -0.206. The van der Waals surface area contributed by atoms with Crippen LogP contribution in [0.4, 0.5) is 0 Å². The van der Waals surface area contributed by atoms with E-state index in [4.69, 9.17) is 0 Å². The van der Waals surface area contributed by atoms with Crippen LogP contribution in [0.1, 0.15) is 34.6 Å². The van der Waals surface area contributed by atoms with Gasteiger partial charge in [0.05, 0.1) is 10.8 Å². The van der Waals surface area contributed by atoms with E-state index in [2.05, 4.69) is 20.8 Å². The van der Waals surface area contributed by atoms with Gasteiger partial charge in [-0.2, -0.15) is 0 Å². The summed E-state index contributed by atoms with van der Waals surface area (Å²) in [6, 6.07) is 0. The molecule has 1 unspecified atom stereocenters. The van der Waals surface area contributed by atoms with E-state index in [1.165, 1.54) is 11.8 Å². The maximum absolute atomic E-state index is 11.6. The van der Waals surface area contributed by atoms with Crippen molar-refractivity contribution in [2.24, 2.45) is 0 Å². The van der Waals surface area contributed by atoms with Crippen LogP contribution in [0, 0.1) is 0 Å². The molecule has 1 aromatic rings. The quantitative estimate of drug-likeness (QED) is 0.816. The summed E-state index contributed by atoms with van der Waals surface area (Å²) >= 11 is 1.37. The lowest BCUT2D eigenvalue weighted by molar-refractivity contribution is -0.120. The van der Waals surface area contributed by atoms with E-state index in [1.54, 1.807) is 4.68 Å². The topological polar surface area (TPSA) is 72.7 Å². The van der Waals surface area contributed by atoms with Crippen LogP contribution < -0.4 is 5.32 Å². The van der Waals surface area contributed by atoms with Gasteiger partial charge in [0.15, 0.2) is 0 Å². The molecular formula is C10H19N5OS. The SMILES string of the molecule is CCNC(=O)C(C)Sc1nnnn1C(C)(C)C. The van der Waals surface area contributed by atoms with Crippen LogP contribution in [0.3, 0.4) is 0 Å².